The average Bonchev–Trinajstić information content (AvgIpc) is 3.22. The molecule has 0 aromatic heterocycles. The number of rotatable bonds is 5. The summed E-state index contributed by atoms with van der Waals surface area (Å²) in [6.45, 7) is 2.99. The van der Waals surface area contributed by atoms with Crippen LogP contribution in [0.25, 0.3) is 5.70 Å². The first kappa shape index (κ1) is 21.9. The standard InChI is InChI=1S/C23H21BrN2O6/c1-3-30-22(29)23(26-13(2)27)16(15-9-19-20(11-17(15)24)32-12-31-19)10-18(25-21(23)28)14-7-5-4-6-8-14/h4-11,16H,3,12H2,1-2H3,(H,25,28)(H,26,27). The van der Waals surface area contributed by atoms with Gasteiger partial charge in [-0.15, -0.1) is 0 Å². The van der Waals surface area contributed by atoms with Crippen LogP contribution in [0.1, 0.15) is 30.9 Å². The summed E-state index contributed by atoms with van der Waals surface area (Å²) in [4.78, 5) is 39.0. The highest BCUT2D eigenvalue weighted by molar-refractivity contribution is 9.10. The van der Waals surface area contributed by atoms with Crippen molar-refractivity contribution in [3.05, 3.63) is 64.1 Å². The van der Waals surface area contributed by atoms with Gasteiger partial charge in [0.1, 0.15) is 0 Å². The van der Waals surface area contributed by atoms with Crippen molar-refractivity contribution in [2.75, 3.05) is 13.4 Å². The number of benzene rings is 2. The lowest BCUT2D eigenvalue weighted by Crippen LogP contribution is -2.68. The van der Waals surface area contributed by atoms with E-state index >= 15 is 0 Å². The number of nitrogens with one attached hydrogen (secondary N) is 2. The summed E-state index contributed by atoms with van der Waals surface area (Å²) < 4.78 is 16.8. The first-order valence-electron chi connectivity index (χ1n) is 10.0. The SMILES string of the molecule is CCOC(=O)C1(NC(C)=O)C(=O)NC(c2ccccc2)=CC1c1cc2c(cc1Br)OCO2. The molecule has 0 aliphatic carbocycles. The number of carbonyl (C=O) groups excluding carboxylic acids is 3. The summed E-state index contributed by atoms with van der Waals surface area (Å²) in [7, 11) is 0. The lowest BCUT2D eigenvalue weighted by Gasteiger charge is -2.40. The van der Waals surface area contributed by atoms with Crippen molar-refractivity contribution in [2.45, 2.75) is 25.3 Å². The van der Waals surface area contributed by atoms with E-state index in [-0.39, 0.29) is 13.4 Å². The zero-order chi connectivity index (χ0) is 22.9. The van der Waals surface area contributed by atoms with E-state index in [1.807, 2.05) is 30.3 Å². The highest BCUT2D eigenvalue weighted by atomic mass is 79.9. The van der Waals surface area contributed by atoms with Gasteiger partial charge in [0, 0.05) is 23.0 Å². The lowest BCUT2D eigenvalue weighted by atomic mass is 9.74. The number of hydrogen-bond donors (Lipinski definition) is 2. The van der Waals surface area contributed by atoms with Crippen LogP contribution in [-0.4, -0.2) is 36.7 Å². The molecule has 2 heterocycles. The zero-order valence-corrected chi connectivity index (χ0v) is 19.0. The summed E-state index contributed by atoms with van der Waals surface area (Å²) in [5.41, 5.74) is -0.200. The molecule has 0 saturated heterocycles. The van der Waals surface area contributed by atoms with Crippen LogP contribution in [0, 0.1) is 0 Å². The van der Waals surface area contributed by atoms with Crippen molar-refractivity contribution in [1.29, 1.82) is 0 Å². The average molecular weight is 501 g/mol. The Bertz CT molecular complexity index is 1120. The highest BCUT2D eigenvalue weighted by Gasteiger charge is 2.57. The molecule has 0 saturated carbocycles. The Morgan fingerprint density at radius 1 is 1.22 bits per heavy atom. The van der Waals surface area contributed by atoms with Crippen molar-refractivity contribution in [2.24, 2.45) is 0 Å². The molecule has 0 radical (unpaired) electrons. The summed E-state index contributed by atoms with van der Waals surface area (Å²) in [5.74, 6) is -1.99. The van der Waals surface area contributed by atoms with E-state index in [9.17, 15) is 14.4 Å². The summed E-state index contributed by atoms with van der Waals surface area (Å²) in [6.07, 6.45) is 1.74. The molecule has 32 heavy (non-hydrogen) atoms. The zero-order valence-electron chi connectivity index (χ0n) is 17.4. The van der Waals surface area contributed by atoms with Gasteiger partial charge in [0.25, 0.3) is 5.91 Å². The fraction of sp³-hybridized carbons (Fsp3) is 0.261. The Morgan fingerprint density at radius 2 is 1.91 bits per heavy atom. The van der Waals surface area contributed by atoms with Gasteiger partial charge in [-0.2, -0.15) is 0 Å². The number of fused-ring (bicyclic) bond motifs is 1. The molecule has 2 aliphatic rings. The Labute approximate surface area is 193 Å². The van der Waals surface area contributed by atoms with Gasteiger partial charge < -0.3 is 24.8 Å². The third-order valence-electron chi connectivity index (χ3n) is 5.29. The minimum absolute atomic E-state index is 0.0394. The largest absolute Gasteiger partial charge is 0.464 e. The van der Waals surface area contributed by atoms with Crippen LogP contribution in [0.3, 0.4) is 0 Å². The molecule has 8 nitrogen and oxygen atoms in total. The number of halogens is 1. The van der Waals surface area contributed by atoms with Gasteiger partial charge in [-0.1, -0.05) is 46.3 Å². The first-order valence-corrected chi connectivity index (χ1v) is 10.8. The van der Waals surface area contributed by atoms with Crippen LogP contribution >= 0.6 is 15.9 Å². The molecule has 2 aromatic carbocycles. The van der Waals surface area contributed by atoms with Crippen LogP contribution in [0.5, 0.6) is 11.5 Å². The molecule has 2 aromatic rings. The lowest BCUT2D eigenvalue weighted by molar-refractivity contribution is -0.158. The van der Waals surface area contributed by atoms with Crippen LogP contribution in [0.15, 0.2) is 53.0 Å². The van der Waals surface area contributed by atoms with Crippen molar-refractivity contribution >= 4 is 39.4 Å². The van der Waals surface area contributed by atoms with Crippen LogP contribution in [-0.2, 0) is 19.1 Å². The van der Waals surface area contributed by atoms with Gasteiger partial charge in [0.2, 0.25) is 18.2 Å². The molecule has 2 unspecified atom stereocenters. The van der Waals surface area contributed by atoms with Crippen molar-refractivity contribution < 1.29 is 28.6 Å². The predicted molar refractivity (Wildman–Crippen MR) is 119 cm³/mol. The van der Waals surface area contributed by atoms with Gasteiger partial charge in [0.15, 0.2) is 11.5 Å². The van der Waals surface area contributed by atoms with Crippen LogP contribution in [0.4, 0.5) is 0 Å². The van der Waals surface area contributed by atoms with Gasteiger partial charge in [-0.3, -0.25) is 9.59 Å². The van der Waals surface area contributed by atoms with E-state index in [2.05, 4.69) is 26.6 Å². The molecule has 2 amide bonds. The summed E-state index contributed by atoms with van der Waals surface area (Å²) >= 11 is 3.53. The van der Waals surface area contributed by atoms with E-state index in [1.165, 1.54) is 6.92 Å². The molecule has 9 heteroatoms. The molecule has 2 aliphatic heterocycles. The molecule has 2 atom stereocenters. The topological polar surface area (TPSA) is 103 Å². The predicted octanol–water partition coefficient (Wildman–Crippen LogP) is 2.87. The number of esters is 1. The summed E-state index contributed by atoms with van der Waals surface area (Å²) in [5, 5.41) is 5.36. The number of ether oxygens (including phenoxy) is 3. The van der Waals surface area contributed by atoms with Crippen LogP contribution < -0.4 is 20.1 Å². The fourth-order valence-corrected chi connectivity index (χ4v) is 4.47. The third-order valence-corrected chi connectivity index (χ3v) is 5.98. The van der Waals surface area contributed by atoms with E-state index in [0.717, 1.165) is 5.56 Å². The third kappa shape index (κ3) is 3.73. The number of carbonyl (C=O) groups is 3. The highest BCUT2D eigenvalue weighted by Crippen LogP contribution is 2.45. The molecular formula is C23H21BrN2O6. The maximum atomic E-state index is 13.5. The minimum atomic E-state index is -2.02. The smallest absolute Gasteiger partial charge is 0.342 e. The first-order chi connectivity index (χ1) is 15.4. The van der Waals surface area contributed by atoms with Crippen molar-refractivity contribution in [3.63, 3.8) is 0 Å². The fourth-order valence-electron chi connectivity index (χ4n) is 3.90. The molecule has 0 bridgehead atoms. The molecule has 2 N–H and O–H groups in total. The molecule has 4 rings (SSSR count). The van der Waals surface area contributed by atoms with Gasteiger partial charge in [-0.05, 0) is 36.3 Å². The molecule has 0 spiro atoms. The second-order valence-corrected chi connectivity index (χ2v) is 8.17. The van der Waals surface area contributed by atoms with Gasteiger partial charge in [0.05, 0.1) is 6.61 Å². The second kappa shape index (κ2) is 8.66. The number of hydrogen-bond acceptors (Lipinski definition) is 6. The van der Waals surface area contributed by atoms with Crippen LogP contribution in [0.2, 0.25) is 0 Å². The van der Waals surface area contributed by atoms with Crippen molar-refractivity contribution in [1.82, 2.24) is 10.6 Å². The van der Waals surface area contributed by atoms with Crippen molar-refractivity contribution in [3.8, 4) is 11.5 Å². The quantitative estimate of drug-likeness (QED) is 0.483. The Balaban J connectivity index is 1.96. The Morgan fingerprint density at radius 3 is 2.56 bits per heavy atom. The van der Waals surface area contributed by atoms with Gasteiger partial charge >= 0.3 is 5.97 Å². The van der Waals surface area contributed by atoms with Gasteiger partial charge in [-0.25, -0.2) is 4.79 Å². The molecule has 166 valence electrons. The Hall–Kier alpha value is -3.33. The van der Waals surface area contributed by atoms with E-state index < -0.39 is 29.2 Å². The molecular weight excluding hydrogens is 480 g/mol. The normalized spacial score (nSPS) is 21.4. The number of amides is 2. The van der Waals surface area contributed by atoms with E-state index in [4.69, 9.17) is 14.2 Å². The monoisotopic (exact) mass is 500 g/mol. The maximum Gasteiger partial charge on any atom is 0.342 e. The van der Waals surface area contributed by atoms with E-state index in [1.54, 1.807) is 25.1 Å². The second-order valence-electron chi connectivity index (χ2n) is 7.31. The summed E-state index contributed by atoms with van der Waals surface area (Å²) in [6, 6.07) is 12.6. The van der Waals surface area contributed by atoms with E-state index in [0.29, 0.717) is 27.2 Å². The maximum absolute atomic E-state index is 13.5. The molecule has 0 fully saturated rings. The Kier molecular flexibility index (Phi) is 5.92. The minimum Gasteiger partial charge on any atom is -0.464 e.